The molecule has 2 heterocycles. The van der Waals surface area contributed by atoms with Gasteiger partial charge in [0.25, 0.3) is 11.9 Å². The molecule has 0 atom stereocenters. The number of nitrogens with zero attached hydrogens (tertiary/aromatic N) is 4. The van der Waals surface area contributed by atoms with Gasteiger partial charge in [-0.3, -0.25) is 9.59 Å². The first-order valence-electron chi connectivity index (χ1n) is 9.73. The molecular formula is C23H21N5O3. The summed E-state index contributed by atoms with van der Waals surface area (Å²) >= 11 is 0. The van der Waals surface area contributed by atoms with Crippen molar-refractivity contribution in [2.75, 3.05) is 11.9 Å². The van der Waals surface area contributed by atoms with Crippen molar-refractivity contribution in [3.63, 3.8) is 0 Å². The minimum absolute atomic E-state index is 0.267. The Labute approximate surface area is 178 Å². The average Bonchev–Trinajstić information content (AvgIpc) is 3.11. The van der Waals surface area contributed by atoms with Gasteiger partial charge in [0.05, 0.1) is 11.3 Å². The third-order valence-electron chi connectivity index (χ3n) is 4.67. The van der Waals surface area contributed by atoms with Crippen molar-refractivity contribution in [3.05, 3.63) is 71.2 Å². The molecule has 4 aromatic rings. The van der Waals surface area contributed by atoms with Crippen LogP contribution in [0.1, 0.15) is 27.4 Å². The molecule has 0 saturated heterocycles. The summed E-state index contributed by atoms with van der Waals surface area (Å²) in [6, 6.07) is 14.6. The van der Waals surface area contributed by atoms with Crippen molar-refractivity contribution in [1.82, 2.24) is 19.7 Å². The fraction of sp³-hybridized carbons (Fsp3) is 0.174. The van der Waals surface area contributed by atoms with Crippen LogP contribution in [-0.4, -0.2) is 38.5 Å². The van der Waals surface area contributed by atoms with E-state index in [1.807, 2.05) is 57.2 Å². The molecular weight excluding hydrogens is 394 g/mol. The first-order valence-corrected chi connectivity index (χ1v) is 9.73. The number of carbonyl (C=O) groups is 2. The Morgan fingerprint density at radius 1 is 1.03 bits per heavy atom. The van der Waals surface area contributed by atoms with Crippen LogP contribution in [0, 0.1) is 20.8 Å². The molecule has 0 aliphatic carbocycles. The molecule has 31 heavy (non-hydrogen) atoms. The molecule has 2 aromatic carbocycles. The summed E-state index contributed by atoms with van der Waals surface area (Å²) in [5.41, 5.74) is 2.72. The van der Waals surface area contributed by atoms with Crippen molar-refractivity contribution >= 4 is 28.8 Å². The number of nitrogens with one attached hydrogen (secondary N) is 1. The minimum atomic E-state index is -0.393. The molecule has 0 saturated carbocycles. The zero-order chi connectivity index (χ0) is 22.0. The van der Waals surface area contributed by atoms with Gasteiger partial charge in [0, 0.05) is 17.5 Å². The quantitative estimate of drug-likeness (QED) is 0.484. The Morgan fingerprint density at radius 3 is 2.52 bits per heavy atom. The normalized spacial score (nSPS) is 10.8. The third kappa shape index (κ3) is 4.28. The Hall–Kier alpha value is -4.07. The number of anilines is 1. The summed E-state index contributed by atoms with van der Waals surface area (Å²) in [6.45, 7) is 5.29. The Morgan fingerprint density at radius 2 is 1.77 bits per heavy atom. The van der Waals surface area contributed by atoms with E-state index < -0.39 is 5.91 Å². The van der Waals surface area contributed by atoms with Crippen LogP contribution in [-0.2, 0) is 4.79 Å². The maximum atomic E-state index is 12.6. The van der Waals surface area contributed by atoms with Crippen LogP contribution in [0.5, 0.6) is 5.75 Å². The van der Waals surface area contributed by atoms with Gasteiger partial charge in [0.2, 0.25) is 0 Å². The SMILES string of the molecule is Cc1cc(C)nc(-n2nc(C)cc2NC(=O)COc2ccc3ccccc3c2C=O)n1. The molecule has 0 radical (unpaired) electrons. The van der Waals surface area contributed by atoms with E-state index in [2.05, 4.69) is 20.4 Å². The van der Waals surface area contributed by atoms with Crippen LogP contribution in [0.15, 0.2) is 48.5 Å². The highest BCUT2D eigenvalue weighted by atomic mass is 16.5. The van der Waals surface area contributed by atoms with Crippen LogP contribution in [0.2, 0.25) is 0 Å². The van der Waals surface area contributed by atoms with E-state index in [0.717, 1.165) is 28.4 Å². The smallest absolute Gasteiger partial charge is 0.263 e. The highest BCUT2D eigenvalue weighted by Gasteiger charge is 2.15. The summed E-state index contributed by atoms with van der Waals surface area (Å²) in [7, 11) is 0. The zero-order valence-electron chi connectivity index (χ0n) is 17.4. The van der Waals surface area contributed by atoms with Crippen molar-refractivity contribution in [2.24, 2.45) is 0 Å². The number of hydrogen-bond acceptors (Lipinski definition) is 6. The summed E-state index contributed by atoms with van der Waals surface area (Å²) < 4.78 is 7.14. The molecule has 0 bridgehead atoms. The minimum Gasteiger partial charge on any atom is -0.483 e. The van der Waals surface area contributed by atoms with Gasteiger partial charge >= 0.3 is 0 Å². The number of amides is 1. The van der Waals surface area contributed by atoms with E-state index in [1.165, 1.54) is 4.68 Å². The van der Waals surface area contributed by atoms with Crippen molar-refractivity contribution in [3.8, 4) is 11.7 Å². The van der Waals surface area contributed by atoms with Gasteiger partial charge in [-0.05, 0) is 43.7 Å². The highest BCUT2D eigenvalue weighted by molar-refractivity contribution is 6.01. The first kappa shape index (κ1) is 20.2. The summed E-state index contributed by atoms with van der Waals surface area (Å²) in [6.07, 6.45) is 0.741. The topological polar surface area (TPSA) is 99.0 Å². The molecule has 0 spiro atoms. The first-order chi connectivity index (χ1) is 14.9. The number of rotatable bonds is 6. The molecule has 0 fully saturated rings. The molecule has 8 nitrogen and oxygen atoms in total. The maximum Gasteiger partial charge on any atom is 0.263 e. The van der Waals surface area contributed by atoms with Crippen LogP contribution >= 0.6 is 0 Å². The second kappa shape index (κ2) is 8.35. The molecule has 8 heteroatoms. The standard InChI is InChI=1S/C23H21N5O3/c1-14-10-15(2)25-23(24-14)28-21(11-16(3)27-28)26-22(30)13-31-20-9-8-17-6-4-5-7-18(17)19(20)12-29/h4-12H,13H2,1-3H3,(H,26,30). The molecule has 0 aliphatic rings. The second-order valence-corrected chi connectivity index (χ2v) is 7.19. The van der Waals surface area contributed by atoms with E-state index in [-0.39, 0.29) is 6.61 Å². The predicted molar refractivity (Wildman–Crippen MR) is 117 cm³/mol. The molecule has 1 N–H and O–H groups in total. The largest absolute Gasteiger partial charge is 0.483 e. The predicted octanol–water partition coefficient (Wildman–Crippen LogP) is 3.57. The molecule has 0 aliphatic heterocycles. The fourth-order valence-corrected chi connectivity index (χ4v) is 3.39. The number of aryl methyl sites for hydroxylation is 3. The van der Waals surface area contributed by atoms with Gasteiger partial charge in [-0.1, -0.05) is 30.3 Å². The van der Waals surface area contributed by atoms with Crippen LogP contribution in [0.25, 0.3) is 16.7 Å². The van der Waals surface area contributed by atoms with E-state index >= 15 is 0 Å². The monoisotopic (exact) mass is 415 g/mol. The third-order valence-corrected chi connectivity index (χ3v) is 4.67. The lowest BCUT2D eigenvalue weighted by molar-refractivity contribution is -0.118. The lowest BCUT2D eigenvalue weighted by Gasteiger charge is -2.12. The lowest BCUT2D eigenvalue weighted by atomic mass is 10.0. The van der Waals surface area contributed by atoms with Crippen molar-refractivity contribution in [1.29, 1.82) is 0 Å². The summed E-state index contributed by atoms with van der Waals surface area (Å²) in [5, 5.41) is 8.87. The van der Waals surface area contributed by atoms with Crippen molar-refractivity contribution < 1.29 is 14.3 Å². The summed E-state index contributed by atoms with van der Waals surface area (Å²) in [5.74, 6) is 0.770. The van der Waals surface area contributed by atoms with Gasteiger partial charge in [0.15, 0.2) is 12.9 Å². The number of aromatic nitrogens is 4. The number of carbonyl (C=O) groups excluding carboxylic acids is 2. The number of benzene rings is 2. The lowest BCUT2D eigenvalue weighted by Crippen LogP contribution is -2.22. The van der Waals surface area contributed by atoms with E-state index in [0.29, 0.717) is 28.8 Å². The van der Waals surface area contributed by atoms with Crippen LogP contribution < -0.4 is 10.1 Å². The second-order valence-electron chi connectivity index (χ2n) is 7.19. The zero-order valence-corrected chi connectivity index (χ0v) is 17.4. The van der Waals surface area contributed by atoms with E-state index in [9.17, 15) is 9.59 Å². The van der Waals surface area contributed by atoms with Crippen LogP contribution in [0.3, 0.4) is 0 Å². The van der Waals surface area contributed by atoms with Crippen LogP contribution in [0.4, 0.5) is 5.82 Å². The Kier molecular flexibility index (Phi) is 5.44. The van der Waals surface area contributed by atoms with Gasteiger partial charge in [-0.25, -0.2) is 9.97 Å². The average molecular weight is 415 g/mol. The molecule has 156 valence electrons. The Balaban J connectivity index is 1.53. The summed E-state index contributed by atoms with van der Waals surface area (Å²) in [4.78, 5) is 33.0. The molecule has 1 amide bonds. The number of ether oxygens (including phenoxy) is 1. The number of aldehydes is 1. The number of hydrogen-bond donors (Lipinski definition) is 1. The molecule has 4 rings (SSSR count). The molecule has 2 aromatic heterocycles. The Bertz CT molecular complexity index is 1280. The van der Waals surface area contributed by atoms with E-state index in [1.54, 1.807) is 12.1 Å². The highest BCUT2D eigenvalue weighted by Crippen LogP contribution is 2.26. The van der Waals surface area contributed by atoms with Gasteiger partial charge in [-0.2, -0.15) is 9.78 Å². The molecule has 0 unspecified atom stereocenters. The van der Waals surface area contributed by atoms with Gasteiger partial charge < -0.3 is 10.1 Å². The number of fused-ring (bicyclic) bond motifs is 1. The van der Waals surface area contributed by atoms with E-state index in [4.69, 9.17) is 4.74 Å². The maximum absolute atomic E-state index is 12.6. The van der Waals surface area contributed by atoms with Crippen molar-refractivity contribution in [2.45, 2.75) is 20.8 Å². The van der Waals surface area contributed by atoms with Gasteiger partial charge in [0.1, 0.15) is 11.6 Å². The van der Waals surface area contributed by atoms with Gasteiger partial charge in [-0.15, -0.1) is 0 Å². The fourth-order valence-electron chi connectivity index (χ4n) is 3.39.